The summed E-state index contributed by atoms with van der Waals surface area (Å²) < 4.78 is 1.29. The molecule has 3 fully saturated rings. The maximum Gasteiger partial charge on any atom is 0.106 e. The number of benzene rings is 1. The summed E-state index contributed by atoms with van der Waals surface area (Å²) in [7, 11) is 0. The zero-order valence-electron chi connectivity index (χ0n) is 10.4. The van der Waals surface area contributed by atoms with Gasteiger partial charge >= 0.3 is 0 Å². The van der Waals surface area contributed by atoms with Gasteiger partial charge in [-0.25, -0.2) is 0 Å². The fraction of sp³-hybridized carbons (Fsp3) is 0.600. The molecule has 17 heavy (non-hydrogen) atoms. The van der Waals surface area contributed by atoms with Crippen molar-refractivity contribution in [3.63, 3.8) is 0 Å². The van der Waals surface area contributed by atoms with E-state index in [1.165, 1.54) is 55.4 Å². The molecule has 0 N–H and O–H groups in total. The summed E-state index contributed by atoms with van der Waals surface area (Å²) in [5.74, 6) is 1.02. The Morgan fingerprint density at radius 2 is 1.82 bits per heavy atom. The quantitative estimate of drug-likeness (QED) is 0.700. The molecule has 92 valence electrons. The minimum atomic E-state index is 0.950. The lowest BCUT2D eigenvalue weighted by molar-refractivity contribution is -0.943. The predicted molar refractivity (Wildman–Crippen MR) is 72.0 cm³/mol. The summed E-state index contributed by atoms with van der Waals surface area (Å²) >= 11 is 6.31. The van der Waals surface area contributed by atoms with Crippen molar-refractivity contribution in [3.05, 3.63) is 34.9 Å². The van der Waals surface area contributed by atoms with Gasteiger partial charge in [0.05, 0.1) is 19.6 Å². The monoisotopic (exact) mass is 250 g/mol. The van der Waals surface area contributed by atoms with Crippen molar-refractivity contribution in [1.29, 1.82) is 0 Å². The van der Waals surface area contributed by atoms with Crippen molar-refractivity contribution in [3.8, 4) is 0 Å². The van der Waals surface area contributed by atoms with E-state index < -0.39 is 0 Å². The van der Waals surface area contributed by atoms with Gasteiger partial charge in [0.15, 0.2) is 0 Å². The number of piperidine rings is 1. The number of hydrogen-bond acceptors (Lipinski definition) is 0. The molecule has 4 rings (SSSR count). The molecule has 0 radical (unpaired) electrons. The summed E-state index contributed by atoms with van der Waals surface area (Å²) in [5.41, 5.74) is 1.34. The van der Waals surface area contributed by atoms with Gasteiger partial charge in [-0.2, -0.15) is 0 Å². The number of rotatable bonds is 2. The number of nitrogens with zero attached hydrogens (tertiary/aromatic N) is 1. The second-order valence-corrected chi connectivity index (χ2v) is 6.25. The Balaban J connectivity index is 1.82. The molecule has 3 heterocycles. The van der Waals surface area contributed by atoms with E-state index in [0.29, 0.717) is 0 Å². The summed E-state index contributed by atoms with van der Waals surface area (Å²) in [4.78, 5) is 0. The molecule has 2 heteroatoms. The Bertz CT molecular complexity index is 388. The van der Waals surface area contributed by atoms with E-state index in [1.54, 1.807) is 0 Å². The molecule has 0 saturated carbocycles. The highest BCUT2D eigenvalue weighted by Crippen LogP contribution is 2.34. The number of fused-ring (bicyclic) bond motifs is 4. The first-order valence-corrected chi connectivity index (χ1v) is 7.24. The molecule has 0 spiro atoms. The molecule has 1 aromatic carbocycles. The van der Waals surface area contributed by atoms with Crippen molar-refractivity contribution < 1.29 is 4.48 Å². The molecule has 0 aliphatic carbocycles. The minimum absolute atomic E-state index is 0.950. The Hall–Kier alpha value is -0.530. The van der Waals surface area contributed by atoms with Gasteiger partial charge in [0.2, 0.25) is 0 Å². The maximum absolute atomic E-state index is 6.31. The van der Waals surface area contributed by atoms with Crippen LogP contribution in [0.3, 0.4) is 0 Å². The second-order valence-electron chi connectivity index (χ2n) is 5.85. The van der Waals surface area contributed by atoms with Crippen LogP contribution in [0.5, 0.6) is 0 Å². The molecule has 0 amide bonds. The Labute approximate surface area is 109 Å². The van der Waals surface area contributed by atoms with Crippen LogP contribution in [0.1, 0.15) is 31.2 Å². The molecule has 3 aliphatic rings. The summed E-state index contributed by atoms with van der Waals surface area (Å²) in [5, 5.41) is 0.950. The van der Waals surface area contributed by atoms with E-state index >= 15 is 0 Å². The number of hydrogen-bond donors (Lipinski definition) is 0. The Kier molecular flexibility index (Phi) is 3.14. The summed E-state index contributed by atoms with van der Waals surface area (Å²) in [6.45, 7) is 5.25. The van der Waals surface area contributed by atoms with E-state index in [2.05, 4.69) is 12.1 Å². The van der Waals surface area contributed by atoms with Crippen LogP contribution in [-0.2, 0) is 6.54 Å². The van der Waals surface area contributed by atoms with E-state index in [0.717, 1.165) is 17.5 Å². The van der Waals surface area contributed by atoms with Crippen molar-refractivity contribution in [2.45, 2.75) is 32.2 Å². The van der Waals surface area contributed by atoms with Gasteiger partial charge in [0, 0.05) is 10.6 Å². The Morgan fingerprint density at radius 3 is 2.59 bits per heavy atom. The fourth-order valence-electron chi connectivity index (χ4n) is 3.62. The van der Waals surface area contributed by atoms with E-state index in [1.807, 2.05) is 12.1 Å². The van der Waals surface area contributed by atoms with Crippen molar-refractivity contribution in [2.75, 3.05) is 19.6 Å². The van der Waals surface area contributed by atoms with Crippen LogP contribution in [0.25, 0.3) is 0 Å². The van der Waals surface area contributed by atoms with Crippen molar-refractivity contribution in [1.82, 2.24) is 0 Å². The third-order valence-electron chi connectivity index (χ3n) is 4.73. The molecule has 2 bridgehead atoms. The zero-order chi connectivity index (χ0) is 11.7. The highest BCUT2D eigenvalue weighted by atomic mass is 35.5. The molecular weight excluding hydrogens is 230 g/mol. The molecule has 0 atom stereocenters. The molecular formula is C15H21ClN+. The highest BCUT2D eigenvalue weighted by molar-refractivity contribution is 6.31. The molecule has 3 aliphatic heterocycles. The van der Waals surface area contributed by atoms with Crippen LogP contribution in [0, 0.1) is 5.92 Å². The predicted octanol–water partition coefficient (Wildman–Crippen LogP) is 3.86. The van der Waals surface area contributed by atoms with Crippen molar-refractivity contribution >= 4 is 11.6 Å². The first-order valence-electron chi connectivity index (χ1n) is 6.86. The number of quaternary nitrogens is 1. The molecule has 0 unspecified atom stereocenters. The van der Waals surface area contributed by atoms with Crippen LogP contribution in [0.15, 0.2) is 24.3 Å². The van der Waals surface area contributed by atoms with E-state index in [-0.39, 0.29) is 0 Å². The van der Waals surface area contributed by atoms with Gasteiger partial charge in [-0.1, -0.05) is 29.8 Å². The molecule has 3 saturated heterocycles. The van der Waals surface area contributed by atoms with Gasteiger partial charge in [-0.15, -0.1) is 0 Å². The zero-order valence-corrected chi connectivity index (χ0v) is 11.1. The summed E-state index contributed by atoms with van der Waals surface area (Å²) in [6.07, 6.45) is 5.74. The standard InChI is InChI=1S/C15H21ClN/c16-15-6-2-1-5-14(15)12-17-9-3-4-13(7-10-17)8-11-17/h1-2,5-6,13H,3-4,7-12H2/q+1. The Morgan fingerprint density at radius 1 is 1.06 bits per heavy atom. The summed E-state index contributed by atoms with van der Waals surface area (Å²) in [6, 6.07) is 8.37. The highest BCUT2D eigenvalue weighted by Gasteiger charge is 2.37. The van der Waals surface area contributed by atoms with Gasteiger partial charge in [-0.05, 0) is 37.7 Å². The van der Waals surface area contributed by atoms with Crippen LogP contribution in [0.2, 0.25) is 5.02 Å². The van der Waals surface area contributed by atoms with Gasteiger partial charge in [0.25, 0.3) is 0 Å². The minimum Gasteiger partial charge on any atom is -0.320 e. The van der Waals surface area contributed by atoms with E-state index in [4.69, 9.17) is 11.6 Å². The van der Waals surface area contributed by atoms with Gasteiger partial charge < -0.3 is 4.48 Å². The lowest BCUT2D eigenvalue weighted by atomic mass is 9.94. The molecule has 0 aromatic heterocycles. The normalized spacial score (nSPS) is 32.4. The lowest BCUT2D eigenvalue weighted by Crippen LogP contribution is -2.50. The fourth-order valence-corrected chi connectivity index (χ4v) is 3.82. The van der Waals surface area contributed by atoms with Crippen molar-refractivity contribution in [2.24, 2.45) is 5.92 Å². The average Bonchev–Trinajstić information content (AvgIpc) is 2.66. The smallest absolute Gasteiger partial charge is 0.106 e. The average molecular weight is 251 g/mol. The topological polar surface area (TPSA) is 0 Å². The van der Waals surface area contributed by atoms with Crippen LogP contribution >= 0.6 is 11.6 Å². The van der Waals surface area contributed by atoms with Crippen LogP contribution in [0.4, 0.5) is 0 Å². The number of halogens is 1. The first-order chi connectivity index (χ1) is 8.27. The maximum atomic E-state index is 6.31. The van der Waals surface area contributed by atoms with Crippen LogP contribution in [-0.4, -0.2) is 24.1 Å². The third kappa shape index (κ3) is 2.36. The molecule has 1 nitrogen and oxygen atoms in total. The van der Waals surface area contributed by atoms with Gasteiger partial charge in [0.1, 0.15) is 6.54 Å². The molecule has 1 aromatic rings. The van der Waals surface area contributed by atoms with Gasteiger partial charge in [-0.3, -0.25) is 0 Å². The lowest BCUT2D eigenvalue weighted by Gasteiger charge is -2.41. The third-order valence-corrected chi connectivity index (χ3v) is 5.10. The largest absolute Gasteiger partial charge is 0.320 e. The first kappa shape index (κ1) is 11.6. The SMILES string of the molecule is Clc1ccccc1C[N+]12CCCC(CC1)CC2. The van der Waals surface area contributed by atoms with Crippen LogP contribution < -0.4 is 0 Å². The second kappa shape index (κ2) is 4.62. The van der Waals surface area contributed by atoms with E-state index in [9.17, 15) is 0 Å².